The summed E-state index contributed by atoms with van der Waals surface area (Å²) in [5, 5.41) is 13.2. The molecule has 0 saturated heterocycles. The lowest BCUT2D eigenvalue weighted by Crippen LogP contribution is -2.18. The van der Waals surface area contributed by atoms with Gasteiger partial charge in [-0.3, -0.25) is 0 Å². The van der Waals surface area contributed by atoms with Crippen molar-refractivity contribution >= 4 is 0 Å². The number of rotatable bonds is 5. The first-order chi connectivity index (χ1) is 14.2. The first-order valence-electron chi connectivity index (χ1n) is 10.7. The van der Waals surface area contributed by atoms with Gasteiger partial charge in [0.1, 0.15) is 0 Å². The summed E-state index contributed by atoms with van der Waals surface area (Å²) in [5.74, 6) is 1.65. The molecule has 2 aliphatic rings. The van der Waals surface area contributed by atoms with E-state index in [1.807, 2.05) is 0 Å². The molecular weight excluding hydrogens is 364 g/mol. The lowest BCUT2D eigenvalue weighted by atomic mass is 9.89. The van der Waals surface area contributed by atoms with Gasteiger partial charge in [0.15, 0.2) is 0 Å². The maximum absolute atomic E-state index is 5.69. The van der Waals surface area contributed by atoms with E-state index < -0.39 is 0 Å². The van der Waals surface area contributed by atoms with E-state index in [4.69, 9.17) is 9.51 Å². The Balaban J connectivity index is 1.33. The summed E-state index contributed by atoms with van der Waals surface area (Å²) in [6.07, 6.45) is 7.84. The van der Waals surface area contributed by atoms with Crippen molar-refractivity contribution in [2.24, 2.45) is 0 Å². The SMILES string of the molecule is CN(C)Cc1ccc(-c2noc(C3CCc4nnn(C5CCCC5)c4C3)n2)cc1. The molecule has 5 rings (SSSR count). The van der Waals surface area contributed by atoms with E-state index in [1.165, 1.54) is 36.9 Å². The predicted octanol–water partition coefficient (Wildman–Crippen LogP) is 3.78. The third-order valence-electron chi connectivity index (χ3n) is 6.21. The molecule has 0 aliphatic heterocycles. The minimum Gasteiger partial charge on any atom is -0.339 e. The van der Waals surface area contributed by atoms with Crippen molar-refractivity contribution in [3.8, 4) is 11.4 Å². The second-order valence-electron chi connectivity index (χ2n) is 8.70. The van der Waals surface area contributed by atoms with Gasteiger partial charge in [0.05, 0.1) is 17.4 Å². The molecule has 0 amide bonds. The molecule has 2 heterocycles. The van der Waals surface area contributed by atoms with E-state index in [1.54, 1.807) is 0 Å². The molecule has 29 heavy (non-hydrogen) atoms. The highest BCUT2D eigenvalue weighted by Crippen LogP contribution is 2.36. The zero-order chi connectivity index (χ0) is 19.8. The molecule has 1 saturated carbocycles. The smallest absolute Gasteiger partial charge is 0.230 e. The molecule has 0 radical (unpaired) electrons. The van der Waals surface area contributed by atoms with Crippen LogP contribution in [-0.4, -0.2) is 44.1 Å². The molecule has 1 fully saturated rings. The quantitative estimate of drug-likeness (QED) is 0.658. The number of aryl methyl sites for hydroxylation is 1. The minimum atomic E-state index is 0.246. The van der Waals surface area contributed by atoms with Crippen molar-refractivity contribution in [2.45, 2.75) is 63.5 Å². The number of fused-ring (bicyclic) bond motifs is 1. The molecule has 0 bridgehead atoms. The average Bonchev–Trinajstić information content (AvgIpc) is 3.47. The Kier molecular flexibility index (Phi) is 4.91. The largest absolute Gasteiger partial charge is 0.339 e. The van der Waals surface area contributed by atoms with Crippen molar-refractivity contribution < 1.29 is 4.52 Å². The molecule has 1 unspecified atom stereocenters. The van der Waals surface area contributed by atoms with Crippen molar-refractivity contribution in [3.05, 3.63) is 47.1 Å². The highest BCUT2D eigenvalue weighted by molar-refractivity contribution is 5.54. The van der Waals surface area contributed by atoms with Crippen LogP contribution in [0.3, 0.4) is 0 Å². The Morgan fingerprint density at radius 3 is 2.66 bits per heavy atom. The number of hydrogen-bond acceptors (Lipinski definition) is 6. The third-order valence-corrected chi connectivity index (χ3v) is 6.21. The van der Waals surface area contributed by atoms with Gasteiger partial charge in [-0.15, -0.1) is 5.10 Å². The van der Waals surface area contributed by atoms with Crippen molar-refractivity contribution in [2.75, 3.05) is 14.1 Å². The third kappa shape index (κ3) is 3.71. The van der Waals surface area contributed by atoms with E-state index in [-0.39, 0.29) is 5.92 Å². The molecule has 3 aromatic rings. The van der Waals surface area contributed by atoms with Crippen molar-refractivity contribution in [1.82, 2.24) is 30.0 Å². The molecule has 0 spiro atoms. The van der Waals surface area contributed by atoms with Crippen LogP contribution in [0, 0.1) is 0 Å². The number of nitrogens with zero attached hydrogens (tertiary/aromatic N) is 6. The van der Waals surface area contributed by atoms with E-state index in [0.717, 1.165) is 43.0 Å². The van der Waals surface area contributed by atoms with Crippen LogP contribution in [0.1, 0.15) is 66.9 Å². The predicted molar refractivity (Wildman–Crippen MR) is 109 cm³/mol. The normalized spacial score (nSPS) is 19.8. The minimum absolute atomic E-state index is 0.246. The highest BCUT2D eigenvalue weighted by atomic mass is 16.5. The molecule has 1 atom stereocenters. The van der Waals surface area contributed by atoms with Gasteiger partial charge >= 0.3 is 0 Å². The van der Waals surface area contributed by atoms with Crippen LogP contribution in [0.25, 0.3) is 11.4 Å². The van der Waals surface area contributed by atoms with Crippen LogP contribution in [-0.2, 0) is 19.4 Å². The molecule has 7 nitrogen and oxygen atoms in total. The molecule has 152 valence electrons. The summed E-state index contributed by atoms with van der Waals surface area (Å²) < 4.78 is 7.88. The lowest BCUT2D eigenvalue weighted by Gasteiger charge is -2.21. The van der Waals surface area contributed by atoms with Gasteiger partial charge in [0.2, 0.25) is 11.7 Å². The van der Waals surface area contributed by atoms with Crippen LogP contribution in [0.5, 0.6) is 0 Å². The lowest BCUT2D eigenvalue weighted by molar-refractivity contribution is 0.334. The number of hydrogen-bond donors (Lipinski definition) is 0. The van der Waals surface area contributed by atoms with E-state index in [2.05, 4.69) is 63.4 Å². The summed E-state index contributed by atoms with van der Waals surface area (Å²) in [6.45, 7) is 0.922. The van der Waals surface area contributed by atoms with Gasteiger partial charge in [-0.2, -0.15) is 4.98 Å². The maximum Gasteiger partial charge on any atom is 0.230 e. The highest BCUT2D eigenvalue weighted by Gasteiger charge is 2.31. The molecule has 2 aromatic heterocycles. The van der Waals surface area contributed by atoms with Crippen molar-refractivity contribution in [3.63, 3.8) is 0 Å². The summed E-state index contributed by atoms with van der Waals surface area (Å²) in [4.78, 5) is 6.90. The summed E-state index contributed by atoms with van der Waals surface area (Å²) >= 11 is 0. The summed E-state index contributed by atoms with van der Waals surface area (Å²) in [6, 6.07) is 8.93. The van der Waals surface area contributed by atoms with Gasteiger partial charge in [-0.25, -0.2) is 4.68 Å². The van der Waals surface area contributed by atoms with E-state index in [9.17, 15) is 0 Å². The van der Waals surface area contributed by atoms with Gasteiger partial charge in [0.25, 0.3) is 0 Å². The second kappa shape index (κ2) is 7.71. The van der Waals surface area contributed by atoms with Gasteiger partial charge in [0, 0.05) is 24.4 Å². The fourth-order valence-electron chi connectivity index (χ4n) is 4.69. The van der Waals surface area contributed by atoms with E-state index in [0.29, 0.717) is 11.9 Å². The average molecular weight is 393 g/mol. The number of aromatic nitrogens is 5. The van der Waals surface area contributed by atoms with Crippen LogP contribution in [0.15, 0.2) is 28.8 Å². The molecule has 0 N–H and O–H groups in total. The van der Waals surface area contributed by atoms with Crippen LogP contribution in [0.2, 0.25) is 0 Å². The molecule has 2 aliphatic carbocycles. The van der Waals surface area contributed by atoms with Gasteiger partial charge in [-0.1, -0.05) is 47.5 Å². The van der Waals surface area contributed by atoms with Crippen molar-refractivity contribution in [1.29, 1.82) is 0 Å². The first kappa shape index (κ1) is 18.5. The van der Waals surface area contributed by atoms with Crippen LogP contribution < -0.4 is 0 Å². The monoisotopic (exact) mass is 392 g/mol. The Bertz CT molecular complexity index is 968. The Morgan fingerprint density at radius 2 is 1.90 bits per heavy atom. The number of benzene rings is 1. The Labute approximate surface area is 171 Å². The van der Waals surface area contributed by atoms with Crippen LogP contribution >= 0.6 is 0 Å². The topological polar surface area (TPSA) is 72.9 Å². The summed E-state index contributed by atoms with van der Waals surface area (Å²) in [7, 11) is 4.15. The van der Waals surface area contributed by atoms with Crippen LogP contribution in [0.4, 0.5) is 0 Å². The Morgan fingerprint density at radius 1 is 1.10 bits per heavy atom. The Hall–Kier alpha value is -2.54. The molecule has 7 heteroatoms. The molecule has 1 aromatic carbocycles. The van der Waals surface area contributed by atoms with Gasteiger partial charge in [-0.05, 0) is 45.3 Å². The fraction of sp³-hybridized carbons (Fsp3) is 0.545. The zero-order valence-corrected chi connectivity index (χ0v) is 17.2. The van der Waals surface area contributed by atoms with Gasteiger partial charge < -0.3 is 9.42 Å². The molecular formula is C22H28N6O. The zero-order valence-electron chi connectivity index (χ0n) is 17.2. The van der Waals surface area contributed by atoms with E-state index >= 15 is 0 Å². The summed E-state index contributed by atoms with van der Waals surface area (Å²) in [5.41, 5.74) is 4.71. The first-order valence-corrected chi connectivity index (χ1v) is 10.7. The maximum atomic E-state index is 5.69. The standard InChI is InChI=1S/C22H28N6O/c1-27(2)14-15-7-9-16(10-8-15)21-23-22(29-25-21)17-11-12-19-20(13-17)28(26-24-19)18-5-3-4-6-18/h7-10,17-18H,3-6,11-14H2,1-2H3. The second-order valence-corrected chi connectivity index (χ2v) is 8.70. The fourth-order valence-corrected chi connectivity index (χ4v) is 4.69.